The second kappa shape index (κ2) is 7.45. The van der Waals surface area contributed by atoms with E-state index in [4.69, 9.17) is 8.83 Å². The number of carbonyl (C=O) groups excluding carboxylic acids is 1. The van der Waals surface area contributed by atoms with Crippen molar-refractivity contribution in [3.63, 3.8) is 0 Å². The van der Waals surface area contributed by atoms with Crippen LogP contribution in [-0.2, 0) is 4.79 Å². The second-order valence-corrected chi connectivity index (χ2v) is 7.95. The molecule has 0 aliphatic heterocycles. The van der Waals surface area contributed by atoms with E-state index < -0.39 is 0 Å². The lowest BCUT2D eigenvalue weighted by Gasteiger charge is -2.08. The third kappa shape index (κ3) is 3.83. The minimum Gasteiger partial charge on any atom is -0.463 e. The number of thiazole rings is 1. The number of amides is 1. The van der Waals surface area contributed by atoms with Crippen molar-refractivity contribution in [2.75, 3.05) is 5.32 Å². The molecular formula is C18H16N4O3S2. The number of hydrogen-bond acceptors (Lipinski definition) is 7. The number of rotatable bonds is 6. The summed E-state index contributed by atoms with van der Waals surface area (Å²) in [5.74, 6) is 1.14. The molecule has 138 valence electrons. The van der Waals surface area contributed by atoms with E-state index in [1.165, 1.54) is 23.1 Å². The summed E-state index contributed by atoms with van der Waals surface area (Å²) in [7, 11) is 0. The fourth-order valence-electron chi connectivity index (χ4n) is 2.44. The molecule has 0 radical (unpaired) electrons. The molecule has 7 nitrogen and oxygen atoms in total. The predicted octanol–water partition coefficient (Wildman–Crippen LogP) is 4.81. The normalized spacial score (nSPS) is 12.2. The third-order valence-corrected chi connectivity index (χ3v) is 5.57. The number of nitrogens with one attached hydrogen (secondary N) is 2. The van der Waals surface area contributed by atoms with E-state index in [0.717, 1.165) is 5.69 Å². The van der Waals surface area contributed by atoms with Crippen LogP contribution in [0.1, 0.15) is 12.6 Å². The highest BCUT2D eigenvalue weighted by Crippen LogP contribution is 2.34. The van der Waals surface area contributed by atoms with Gasteiger partial charge in [-0.1, -0.05) is 11.8 Å². The quantitative estimate of drug-likeness (QED) is 0.451. The third-order valence-electron chi connectivity index (χ3n) is 3.71. The summed E-state index contributed by atoms with van der Waals surface area (Å²) in [5.41, 5.74) is 2.23. The number of furan rings is 2. The van der Waals surface area contributed by atoms with Crippen LogP contribution in [0.3, 0.4) is 0 Å². The maximum absolute atomic E-state index is 12.4. The second-order valence-electron chi connectivity index (χ2n) is 5.76. The van der Waals surface area contributed by atoms with E-state index in [2.05, 4.69) is 20.3 Å². The fraction of sp³-hybridized carbons (Fsp3) is 0.167. The predicted molar refractivity (Wildman–Crippen MR) is 105 cm³/mol. The average molecular weight is 400 g/mol. The van der Waals surface area contributed by atoms with Crippen LogP contribution >= 0.6 is 23.1 Å². The molecule has 2 N–H and O–H groups in total. The van der Waals surface area contributed by atoms with E-state index in [9.17, 15) is 4.79 Å². The molecule has 4 heterocycles. The Morgan fingerprint density at radius 2 is 1.96 bits per heavy atom. The maximum atomic E-state index is 12.4. The van der Waals surface area contributed by atoms with Gasteiger partial charge < -0.3 is 19.1 Å². The Balaban J connectivity index is 1.55. The number of anilines is 1. The molecule has 4 aromatic rings. The van der Waals surface area contributed by atoms with Gasteiger partial charge in [-0.2, -0.15) is 0 Å². The van der Waals surface area contributed by atoms with Crippen LogP contribution in [0.25, 0.3) is 22.9 Å². The zero-order valence-corrected chi connectivity index (χ0v) is 16.2. The molecule has 0 aliphatic rings. The molecule has 1 amide bonds. The van der Waals surface area contributed by atoms with E-state index >= 15 is 0 Å². The first-order chi connectivity index (χ1) is 13.1. The van der Waals surface area contributed by atoms with Crippen LogP contribution in [0.4, 0.5) is 5.13 Å². The first-order valence-electron chi connectivity index (χ1n) is 8.17. The Labute approximate surface area is 163 Å². The van der Waals surface area contributed by atoms with Gasteiger partial charge in [0, 0.05) is 5.38 Å². The van der Waals surface area contributed by atoms with Crippen molar-refractivity contribution in [3.05, 3.63) is 47.9 Å². The molecule has 9 heteroatoms. The van der Waals surface area contributed by atoms with Crippen LogP contribution in [0.5, 0.6) is 0 Å². The van der Waals surface area contributed by atoms with Gasteiger partial charge in [-0.25, -0.2) is 9.97 Å². The summed E-state index contributed by atoms with van der Waals surface area (Å²) in [6.07, 6.45) is 3.19. The topological polar surface area (TPSA) is 97.0 Å². The van der Waals surface area contributed by atoms with Crippen molar-refractivity contribution in [3.8, 4) is 22.9 Å². The van der Waals surface area contributed by atoms with Crippen LogP contribution in [0, 0.1) is 6.92 Å². The smallest absolute Gasteiger partial charge is 0.239 e. The van der Waals surface area contributed by atoms with Crippen LogP contribution < -0.4 is 5.32 Å². The van der Waals surface area contributed by atoms with Crippen molar-refractivity contribution in [2.24, 2.45) is 0 Å². The molecule has 0 fully saturated rings. The van der Waals surface area contributed by atoms with E-state index in [1.807, 2.05) is 31.4 Å². The number of aromatic nitrogens is 3. The summed E-state index contributed by atoms with van der Waals surface area (Å²) in [6, 6.07) is 7.28. The highest BCUT2D eigenvalue weighted by Gasteiger charge is 2.22. The monoisotopic (exact) mass is 400 g/mol. The van der Waals surface area contributed by atoms with E-state index in [0.29, 0.717) is 33.2 Å². The number of hydrogen-bond donors (Lipinski definition) is 2. The molecular weight excluding hydrogens is 384 g/mol. The number of nitrogens with zero attached hydrogens (tertiary/aromatic N) is 2. The van der Waals surface area contributed by atoms with Gasteiger partial charge >= 0.3 is 0 Å². The molecule has 0 bridgehead atoms. The maximum Gasteiger partial charge on any atom is 0.239 e. The minimum atomic E-state index is -0.366. The largest absolute Gasteiger partial charge is 0.463 e. The molecule has 0 aliphatic carbocycles. The van der Waals surface area contributed by atoms with Gasteiger partial charge in [-0.3, -0.25) is 4.79 Å². The first kappa shape index (κ1) is 17.6. The van der Waals surface area contributed by atoms with Gasteiger partial charge in [0.15, 0.2) is 21.8 Å². The van der Waals surface area contributed by atoms with Crippen molar-refractivity contribution in [2.45, 2.75) is 24.3 Å². The summed E-state index contributed by atoms with van der Waals surface area (Å²) < 4.78 is 11.0. The SMILES string of the molecule is Cc1csc(NC(=O)C(C)Sc2nc(-c3ccco3)c(-c3ccco3)[nH]2)n1. The molecule has 0 saturated carbocycles. The Morgan fingerprint density at radius 3 is 2.59 bits per heavy atom. The molecule has 4 aromatic heterocycles. The Bertz CT molecular complexity index is 983. The van der Waals surface area contributed by atoms with Crippen LogP contribution in [-0.4, -0.2) is 26.1 Å². The van der Waals surface area contributed by atoms with Crippen molar-refractivity contribution in [1.82, 2.24) is 15.0 Å². The molecule has 0 spiro atoms. The van der Waals surface area contributed by atoms with E-state index in [-0.39, 0.29) is 11.2 Å². The Morgan fingerprint density at radius 1 is 1.22 bits per heavy atom. The number of thioether (sulfide) groups is 1. The molecule has 4 rings (SSSR count). The van der Waals surface area contributed by atoms with Gasteiger partial charge in [0.05, 0.1) is 23.5 Å². The zero-order valence-electron chi connectivity index (χ0n) is 14.6. The number of carbonyl (C=O) groups is 1. The molecule has 1 unspecified atom stereocenters. The lowest BCUT2D eigenvalue weighted by Crippen LogP contribution is -2.22. The summed E-state index contributed by atoms with van der Waals surface area (Å²) in [6.45, 7) is 3.71. The number of aromatic amines is 1. The van der Waals surface area contributed by atoms with Gasteiger partial charge in [0.1, 0.15) is 11.4 Å². The number of H-pyrrole nitrogens is 1. The highest BCUT2D eigenvalue weighted by molar-refractivity contribution is 8.00. The van der Waals surface area contributed by atoms with Crippen LogP contribution in [0.2, 0.25) is 0 Å². The average Bonchev–Trinajstić information content (AvgIpc) is 3.42. The van der Waals surface area contributed by atoms with Crippen molar-refractivity contribution in [1.29, 1.82) is 0 Å². The molecule has 0 aromatic carbocycles. The Hall–Kier alpha value is -2.78. The zero-order chi connectivity index (χ0) is 18.8. The van der Waals surface area contributed by atoms with Gasteiger partial charge in [-0.05, 0) is 38.1 Å². The van der Waals surface area contributed by atoms with Gasteiger partial charge in [0.25, 0.3) is 0 Å². The van der Waals surface area contributed by atoms with Gasteiger partial charge in [-0.15, -0.1) is 11.3 Å². The summed E-state index contributed by atoms with van der Waals surface area (Å²) in [5, 5.41) is 5.55. The molecule has 1 atom stereocenters. The number of imidazole rings is 1. The minimum absolute atomic E-state index is 0.134. The standard InChI is InChI=1S/C18H16N4O3S2/c1-10-9-26-17(19-10)22-16(23)11(2)27-18-20-14(12-5-3-7-24-12)15(21-18)13-6-4-8-25-13/h3-9,11H,1-2H3,(H,20,21)(H,19,22,23). The Kier molecular flexibility index (Phi) is 4.87. The lowest BCUT2D eigenvalue weighted by molar-refractivity contribution is -0.115. The summed E-state index contributed by atoms with van der Waals surface area (Å²) in [4.78, 5) is 24.5. The lowest BCUT2D eigenvalue weighted by atomic mass is 10.2. The first-order valence-corrected chi connectivity index (χ1v) is 9.93. The summed E-state index contributed by atoms with van der Waals surface area (Å²) >= 11 is 2.73. The number of aryl methyl sites for hydroxylation is 1. The molecule has 0 saturated heterocycles. The fourth-order valence-corrected chi connectivity index (χ4v) is 3.93. The highest BCUT2D eigenvalue weighted by atomic mass is 32.2. The van der Waals surface area contributed by atoms with Crippen LogP contribution in [0.15, 0.2) is 56.2 Å². The van der Waals surface area contributed by atoms with Crippen molar-refractivity contribution >= 4 is 34.1 Å². The molecule has 27 heavy (non-hydrogen) atoms. The van der Waals surface area contributed by atoms with E-state index in [1.54, 1.807) is 24.7 Å². The van der Waals surface area contributed by atoms with Crippen molar-refractivity contribution < 1.29 is 13.6 Å². The van der Waals surface area contributed by atoms with Gasteiger partial charge in [0.2, 0.25) is 5.91 Å².